The summed E-state index contributed by atoms with van der Waals surface area (Å²) in [6.07, 6.45) is 1.93. The van der Waals surface area contributed by atoms with Crippen LogP contribution >= 0.6 is 0 Å². The lowest BCUT2D eigenvalue weighted by atomic mass is 9.94. The van der Waals surface area contributed by atoms with Crippen LogP contribution in [0.4, 0.5) is 0 Å². The maximum Gasteiger partial charge on any atom is 0.310 e. The average molecular weight is 238 g/mol. The van der Waals surface area contributed by atoms with Gasteiger partial charge in [-0.15, -0.1) is 0 Å². The highest BCUT2D eigenvalue weighted by Crippen LogP contribution is 2.19. The summed E-state index contributed by atoms with van der Waals surface area (Å²) >= 11 is 0. The van der Waals surface area contributed by atoms with E-state index in [-0.39, 0.29) is 0 Å². The predicted octanol–water partition coefficient (Wildman–Crippen LogP) is 2.10. The summed E-state index contributed by atoms with van der Waals surface area (Å²) in [6.45, 7) is 8.93. The van der Waals surface area contributed by atoms with Gasteiger partial charge in [0.05, 0.1) is 5.41 Å². The van der Waals surface area contributed by atoms with E-state index in [1.165, 1.54) is 0 Å². The zero-order valence-corrected chi connectivity index (χ0v) is 11.0. The molecule has 0 aliphatic heterocycles. The highest BCUT2D eigenvalue weighted by molar-refractivity contribution is 5.73. The van der Waals surface area contributed by atoms with Crippen molar-refractivity contribution in [1.29, 1.82) is 0 Å². The second-order valence-corrected chi connectivity index (χ2v) is 5.35. The quantitative estimate of drug-likeness (QED) is 0.798. The highest BCUT2D eigenvalue weighted by Gasteiger charge is 2.27. The molecular formula is C13H22N2O2. The van der Waals surface area contributed by atoms with Crippen molar-refractivity contribution in [3.63, 3.8) is 0 Å². The largest absolute Gasteiger partial charge is 0.481 e. The minimum atomic E-state index is -0.769. The Morgan fingerprint density at radius 1 is 1.53 bits per heavy atom. The zero-order valence-electron chi connectivity index (χ0n) is 11.0. The second-order valence-electron chi connectivity index (χ2n) is 5.35. The van der Waals surface area contributed by atoms with Gasteiger partial charge in [0.15, 0.2) is 0 Å². The third-order valence-corrected chi connectivity index (χ3v) is 2.76. The summed E-state index contributed by atoms with van der Waals surface area (Å²) in [5, 5.41) is 12.5. The van der Waals surface area contributed by atoms with E-state index in [1.807, 2.05) is 22.9 Å². The van der Waals surface area contributed by atoms with Gasteiger partial charge in [-0.3, -0.25) is 4.79 Å². The molecule has 0 spiro atoms. The van der Waals surface area contributed by atoms with Gasteiger partial charge in [0.2, 0.25) is 0 Å². The van der Waals surface area contributed by atoms with Crippen molar-refractivity contribution in [2.45, 2.75) is 46.8 Å². The van der Waals surface area contributed by atoms with Gasteiger partial charge in [-0.05, 0) is 26.0 Å². The van der Waals surface area contributed by atoms with Crippen LogP contribution in [-0.2, 0) is 17.9 Å². The molecule has 0 amide bonds. The molecule has 0 bridgehead atoms. The van der Waals surface area contributed by atoms with Gasteiger partial charge >= 0.3 is 5.97 Å². The molecule has 0 aliphatic rings. The Kier molecular flexibility index (Phi) is 4.34. The first-order valence-corrected chi connectivity index (χ1v) is 5.94. The molecule has 0 saturated heterocycles. The van der Waals surface area contributed by atoms with Gasteiger partial charge in [0.25, 0.3) is 0 Å². The van der Waals surface area contributed by atoms with Crippen molar-refractivity contribution in [3.8, 4) is 0 Å². The molecule has 4 heteroatoms. The van der Waals surface area contributed by atoms with Gasteiger partial charge in [-0.1, -0.05) is 13.8 Å². The van der Waals surface area contributed by atoms with Crippen LogP contribution in [0.25, 0.3) is 0 Å². The number of carboxylic acids is 1. The molecule has 0 atom stereocenters. The number of carboxylic acid groups (broad SMARTS) is 1. The standard InChI is InChI=1S/C13H22N2O2/c1-10(2)14-8-11-6-5-7-15(11)9-13(3,4)12(16)17/h5-7,10,14H,8-9H2,1-4H3,(H,16,17). The van der Waals surface area contributed by atoms with E-state index < -0.39 is 11.4 Å². The topological polar surface area (TPSA) is 54.3 Å². The van der Waals surface area contributed by atoms with Gasteiger partial charge in [-0.25, -0.2) is 0 Å². The van der Waals surface area contributed by atoms with Gasteiger partial charge in [-0.2, -0.15) is 0 Å². The van der Waals surface area contributed by atoms with Crippen molar-refractivity contribution in [3.05, 3.63) is 24.0 Å². The first-order valence-electron chi connectivity index (χ1n) is 5.94. The predicted molar refractivity (Wildman–Crippen MR) is 67.8 cm³/mol. The molecule has 1 rings (SSSR count). The minimum absolute atomic E-state index is 0.422. The summed E-state index contributed by atoms with van der Waals surface area (Å²) in [6, 6.07) is 4.40. The van der Waals surface area contributed by atoms with E-state index >= 15 is 0 Å². The lowest BCUT2D eigenvalue weighted by Crippen LogP contribution is -2.30. The molecule has 0 saturated carbocycles. The number of hydrogen-bond acceptors (Lipinski definition) is 2. The van der Waals surface area contributed by atoms with Crippen molar-refractivity contribution >= 4 is 5.97 Å². The maximum atomic E-state index is 11.1. The molecule has 1 aromatic rings. The fourth-order valence-corrected chi connectivity index (χ4v) is 1.57. The fraction of sp³-hybridized carbons (Fsp3) is 0.615. The van der Waals surface area contributed by atoms with Crippen molar-refractivity contribution in [1.82, 2.24) is 9.88 Å². The van der Waals surface area contributed by atoms with E-state index in [0.717, 1.165) is 12.2 Å². The van der Waals surface area contributed by atoms with E-state index in [4.69, 9.17) is 5.11 Å². The second kappa shape index (κ2) is 5.36. The fourth-order valence-electron chi connectivity index (χ4n) is 1.57. The lowest BCUT2D eigenvalue weighted by molar-refractivity contribution is -0.147. The molecule has 1 heterocycles. The first kappa shape index (κ1) is 13.8. The summed E-state index contributed by atoms with van der Waals surface area (Å²) in [5.41, 5.74) is 0.374. The van der Waals surface area contributed by atoms with Crippen molar-refractivity contribution < 1.29 is 9.90 Å². The molecule has 4 nitrogen and oxygen atoms in total. The number of aliphatic carboxylic acids is 1. The molecule has 1 aromatic heterocycles. The number of rotatable bonds is 6. The molecule has 2 N–H and O–H groups in total. The van der Waals surface area contributed by atoms with E-state index in [1.54, 1.807) is 13.8 Å². The summed E-state index contributed by atoms with van der Waals surface area (Å²) < 4.78 is 2.00. The van der Waals surface area contributed by atoms with Crippen LogP contribution < -0.4 is 5.32 Å². The third kappa shape index (κ3) is 3.89. The number of nitrogens with one attached hydrogen (secondary N) is 1. The summed E-state index contributed by atoms with van der Waals surface area (Å²) in [7, 11) is 0. The lowest BCUT2D eigenvalue weighted by Gasteiger charge is -2.22. The van der Waals surface area contributed by atoms with Crippen LogP contribution in [0.5, 0.6) is 0 Å². The van der Waals surface area contributed by atoms with Crippen LogP contribution in [0.1, 0.15) is 33.4 Å². The smallest absolute Gasteiger partial charge is 0.310 e. The van der Waals surface area contributed by atoms with Crippen LogP contribution in [-0.4, -0.2) is 21.7 Å². The van der Waals surface area contributed by atoms with Gasteiger partial charge in [0, 0.05) is 31.0 Å². The molecule has 17 heavy (non-hydrogen) atoms. The number of nitrogens with zero attached hydrogens (tertiary/aromatic N) is 1. The Morgan fingerprint density at radius 2 is 2.18 bits per heavy atom. The Labute approximate surface area is 103 Å². The van der Waals surface area contributed by atoms with Crippen LogP contribution in [0.2, 0.25) is 0 Å². The van der Waals surface area contributed by atoms with Crippen molar-refractivity contribution in [2.24, 2.45) is 5.41 Å². The highest BCUT2D eigenvalue weighted by atomic mass is 16.4. The number of hydrogen-bond donors (Lipinski definition) is 2. The van der Waals surface area contributed by atoms with E-state index in [0.29, 0.717) is 12.6 Å². The Balaban J connectivity index is 2.72. The monoisotopic (exact) mass is 238 g/mol. The van der Waals surface area contributed by atoms with E-state index in [9.17, 15) is 4.79 Å². The molecule has 0 aromatic carbocycles. The molecule has 0 aliphatic carbocycles. The SMILES string of the molecule is CC(C)NCc1cccn1CC(C)(C)C(=O)O. The van der Waals surface area contributed by atoms with Crippen LogP contribution in [0, 0.1) is 5.41 Å². The average Bonchev–Trinajstić information content (AvgIpc) is 2.61. The number of aromatic nitrogens is 1. The Morgan fingerprint density at radius 3 is 2.71 bits per heavy atom. The normalized spacial score (nSPS) is 12.1. The molecule has 96 valence electrons. The molecule has 0 fully saturated rings. The minimum Gasteiger partial charge on any atom is -0.481 e. The summed E-state index contributed by atoms with van der Waals surface area (Å²) in [5.74, 6) is -0.769. The summed E-state index contributed by atoms with van der Waals surface area (Å²) in [4.78, 5) is 11.1. The number of carbonyl (C=O) groups is 1. The molecular weight excluding hydrogens is 216 g/mol. The van der Waals surface area contributed by atoms with Crippen molar-refractivity contribution in [2.75, 3.05) is 0 Å². The zero-order chi connectivity index (χ0) is 13.1. The Bertz CT molecular complexity index is 381. The maximum absolute atomic E-state index is 11.1. The van der Waals surface area contributed by atoms with Crippen LogP contribution in [0.3, 0.4) is 0 Å². The first-order chi connectivity index (χ1) is 7.83. The molecule has 0 unspecified atom stereocenters. The van der Waals surface area contributed by atoms with Gasteiger partial charge in [0.1, 0.15) is 0 Å². The van der Waals surface area contributed by atoms with E-state index in [2.05, 4.69) is 19.2 Å². The molecule has 0 radical (unpaired) electrons. The van der Waals surface area contributed by atoms with Crippen LogP contribution in [0.15, 0.2) is 18.3 Å². The third-order valence-electron chi connectivity index (χ3n) is 2.76. The van der Waals surface area contributed by atoms with Gasteiger partial charge < -0.3 is 15.0 Å². The Hall–Kier alpha value is -1.29.